The maximum atomic E-state index is 11.4. The van der Waals surface area contributed by atoms with Gasteiger partial charge in [-0.1, -0.05) is 26.0 Å². The topological polar surface area (TPSA) is 47.6 Å². The minimum Gasteiger partial charge on any atom is -0.494 e. The highest BCUT2D eigenvalue weighted by molar-refractivity contribution is 5.74. The summed E-state index contributed by atoms with van der Waals surface area (Å²) in [7, 11) is 0. The molecular weight excluding hydrogens is 242 g/mol. The van der Waals surface area contributed by atoms with E-state index in [4.69, 9.17) is 9.57 Å². The molecule has 1 rings (SSSR count). The number of ether oxygens (including phenoxy) is 1. The van der Waals surface area contributed by atoms with Crippen LogP contribution < -0.4 is 10.2 Å². The predicted octanol–water partition coefficient (Wildman–Crippen LogP) is 2.86. The third-order valence-corrected chi connectivity index (χ3v) is 2.41. The summed E-state index contributed by atoms with van der Waals surface area (Å²) in [5, 5.41) is 0. The van der Waals surface area contributed by atoms with Crippen molar-refractivity contribution in [2.75, 3.05) is 13.2 Å². The van der Waals surface area contributed by atoms with Crippen molar-refractivity contribution in [3.63, 3.8) is 0 Å². The molecule has 4 heteroatoms. The van der Waals surface area contributed by atoms with Crippen molar-refractivity contribution in [2.24, 2.45) is 5.92 Å². The third-order valence-electron chi connectivity index (χ3n) is 2.41. The van der Waals surface area contributed by atoms with E-state index in [1.807, 2.05) is 45.0 Å². The highest BCUT2D eigenvalue weighted by Gasteiger charge is 2.02. The summed E-state index contributed by atoms with van der Waals surface area (Å²) in [6.07, 6.45) is 1.08. The van der Waals surface area contributed by atoms with Crippen LogP contribution in [0.3, 0.4) is 0 Å². The molecule has 0 fully saturated rings. The maximum Gasteiger partial charge on any atom is 0.243 e. The van der Waals surface area contributed by atoms with E-state index in [-0.39, 0.29) is 5.91 Å². The average Bonchev–Trinajstić information content (AvgIpc) is 2.34. The zero-order valence-corrected chi connectivity index (χ0v) is 11.9. The van der Waals surface area contributed by atoms with Crippen LogP contribution in [0.25, 0.3) is 0 Å². The molecule has 0 bridgehead atoms. The van der Waals surface area contributed by atoms with Crippen LogP contribution in [0.1, 0.15) is 32.3 Å². The Kier molecular flexibility index (Phi) is 6.97. The van der Waals surface area contributed by atoms with Crippen molar-refractivity contribution in [3.8, 4) is 5.75 Å². The van der Waals surface area contributed by atoms with Gasteiger partial charge >= 0.3 is 0 Å². The van der Waals surface area contributed by atoms with Gasteiger partial charge in [0.25, 0.3) is 0 Å². The summed E-state index contributed by atoms with van der Waals surface area (Å²) in [5.74, 6) is 1.15. The van der Waals surface area contributed by atoms with Crippen LogP contribution in [-0.2, 0) is 9.63 Å². The van der Waals surface area contributed by atoms with E-state index in [9.17, 15) is 4.79 Å². The molecule has 1 aromatic carbocycles. The number of hydrogen-bond donors (Lipinski definition) is 1. The Balaban J connectivity index is 2.08. The van der Waals surface area contributed by atoms with E-state index in [1.165, 1.54) is 0 Å². The van der Waals surface area contributed by atoms with Crippen LogP contribution in [-0.4, -0.2) is 19.1 Å². The lowest BCUT2D eigenvalue weighted by molar-refractivity contribution is -0.134. The molecule has 1 amide bonds. The van der Waals surface area contributed by atoms with Crippen molar-refractivity contribution in [3.05, 3.63) is 29.8 Å². The van der Waals surface area contributed by atoms with Gasteiger partial charge in [-0.25, -0.2) is 5.48 Å². The lowest BCUT2D eigenvalue weighted by Crippen LogP contribution is -2.25. The van der Waals surface area contributed by atoms with E-state index >= 15 is 0 Å². The SMILES string of the molecule is Cc1cccc(OCCCC(=O)NOCC(C)C)c1. The van der Waals surface area contributed by atoms with Gasteiger partial charge in [0.1, 0.15) is 5.75 Å². The molecule has 0 radical (unpaired) electrons. The molecule has 106 valence electrons. The van der Waals surface area contributed by atoms with Crippen molar-refractivity contribution >= 4 is 5.91 Å². The summed E-state index contributed by atoms with van der Waals surface area (Å²) in [5.41, 5.74) is 3.59. The molecule has 0 aliphatic carbocycles. The van der Waals surface area contributed by atoms with Gasteiger partial charge in [-0.05, 0) is 37.0 Å². The number of benzene rings is 1. The molecule has 0 atom stereocenters. The van der Waals surface area contributed by atoms with Crippen LogP contribution >= 0.6 is 0 Å². The zero-order valence-electron chi connectivity index (χ0n) is 11.9. The van der Waals surface area contributed by atoms with Crippen LogP contribution in [0, 0.1) is 12.8 Å². The van der Waals surface area contributed by atoms with Crippen molar-refractivity contribution in [1.82, 2.24) is 5.48 Å². The highest BCUT2D eigenvalue weighted by atomic mass is 16.6. The van der Waals surface area contributed by atoms with Gasteiger partial charge in [-0.3, -0.25) is 9.63 Å². The summed E-state index contributed by atoms with van der Waals surface area (Å²) < 4.78 is 5.56. The maximum absolute atomic E-state index is 11.4. The normalized spacial score (nSPS) is 10.5. The first-order chi connectivity index (χ1) is 9.08. The third kappa shape index (κ3) is 7.47. The first-order valence-electron chi connectivity index (χ1n) is 6.68. The smallest absolute Gasteiger partial charge is 0.243 e. The van der Waals surface area contributed by atoms with Crippen LogP contribution in [0.2, 0.25) is 0 Å². The Morgan fingerprint density at radius 3 is 2.84 bits per heavy atom. The molecule has 0 heterocycles. The second kappa shape index (κ2) is 8.53. The van der Waals surface area contributed by atoms with Gasteiger partial charge in [0.15, 0.2) is 0 Å². The lowest BCUT2D eigenvalue weighted by atomic mass is 10.2. The summed E-state index contributed by atoms with van der Waals surface area (Å²) in [4.78, 5) is 16.4. The number of hydrogen-bond acceptors (Lipinski definition) is 3. The molecule has 19 heavy (non-hydrogen) atoms. The largest absolute Gasteiger partial charge is 0.494 e. The average molecular weight is 265 g/mol. The molecule has 4 nitrogen and oxygen atoms in total. The predicted molar refractivity (Wildman–Crippen MR) is 74.8 cm³/mol. The van der Waals surface area contributed by atoms with Gasteiger partial charge < -0.3 is 4.74 Å². The second-order valence-electron chi connectivity index (χ2n) is 5.00. The second-order valence-corrected chi connectivity index (χ2v) is 5.00. The van der Waals surface area contributed by atoms with E-state index in [0.717, 1.165) is 11.3 Å². The monoisotopic (exact) mass is 265 g/mol. The van der Waals surface area contributed by atoms with Crippen molar-refractivity contribution < 1.29 is 14.4 Å². The molecular formula is C15H23NO3. The molecule has 0 spiro atoms. The van der Waals surface area contributed by atoms with E-state index < -0.39 is 0 Å². The number of carbonyl (C=O) groups is 1. The molecule has 0 aromatic heterocycles. The zero-order chi connectivity index (χ0) is 14.1. The van der Waals surface area contributed by atoms with Crippen molar-refractivity contribution in [2.45, 2.75) is 33.6 Å². The number of amides is 1. The van der Waals surface area contributed by atoms with Crippen molar-refractivity contribution in [1.29, 1.82) is 0 Å². The van der Waals surface area contributed by atoms with Crippen LogP contribution in [0.4, 0.5) is 0 Å². The number of nitrogens with one attached hydrogen (secondary N) is 1. The Labute approximate surface area is 115 Å². The van der Waals surface area contributed by atoms with Crippen LogP contribution in [0.15, 0.2) is 24.3 Å². The fourth-order valence-corrected chi connectivity index (χ4v) is 1.47. The van der Waals surface area contributed by atoms with E-state index in [0.29, 0.717) is 32.0 Å². The fourth-order valence-electron chi connectivity index (χ4n) is 1.47. The summed E-state index contributed by atoms with van der Waals surface area (Å²) in [6.45, 7) is 7.14. The van der Waals surface area contributed by atoms with E-state index in [1.54, 1.807) is 0 Å². The number of rotatable bonds is 8. The van der Waals surface area contributed by atoms with Crippen LogP contribution in [0.5, 0.6) is 5.75 Å². The molecule has 0 saturated heterocycles. The molecule has 0 unspecified atom stereocenters. The molecule has 1 aromatic rings. The quantitative estimate of drug-likeness (QED) is 0.581. The Morgan fingerprint density at radius 1 is 1.37 bits per heavy atom. The van der Waals surface area contributed by atoms with E-state index in [2.05, 4.69) is 5.48 Å². The Morgan fingerprint density at radius 2 is 2.16 bits per heavy atom. The molecule has 1 N–H and O–H groups in total. The minimum absolute atomic E-state index is 0.103. The summed E-state index contributed by atoms with van der Waals surface area (Å²) in [6, 6.07) is 7.87. The minimum atomic E-state index is -0.103. The van der Waals surface area contributed by atoms with Gasteiger partial charge in [0.05, 0.1) is 13.2 Å². The summed E-state index contributed by atoms with van der Waals surface area (Å²) >= 11 is 0. The molecule has 0 aliphatic rings. The van der Waals surface area contributed by atoms with Gasteiger partial charge in [-0.15, -0.1) is 0 Å². The highest BCUT2D eigenvalue weighted by Crippen LogP contribution is 2.12. The first kappa shape index (κ1) is 15.5. The number of carbonyl (C=O) groups excluding carboxylic acids is 1. The fraction of sp³-hybridized carbons (Fsp3) is 0.533. The van der Waals surface area contributed by atoms with Gasteiger partial charge in [0, 0.05) is 6.42 Å². The van der Waals surface area contributed by atoms with Gasteiger partial charge in [0.2, 0.25) is 5.91 Å². The number of aryl methyl sites for hydroxylation is 1. The Hall–Kier alpha value is -1.55. The molecule has 0 aliphatic heterocycles. The lowest BCUT2D eigenvalue weighted by Gasteiger charge is -2.08. The Bertz CT molecular complexity index is 391. The number of hydroxylamine groups is 1. The first-order valence-corrected chi connectivity index (χ1v) is 6.68. The van der Waals surface area contributed by atoms with Gasteiger partial charge in [-0.2, -0.15) is 0 Å². The standard InChI is InChI=1S/C15H23NO3/c1-12(2)11-19-16-15(17)8-5-9-18-14-7-4-6-13(3)10-14/h4,6-7,10,12H,5,8-9,11H2,1-3H3,(H,16,17). The molecule has 0 saturated carbocycles.